The van der Waals surface area contributed by atoms with Gasteiger partial charge in [-0.3, -0.25) is 4.79 Å². The summed E-state index contributed by atoms with van der Waals surface area (Å²) in [6.45, 7) is 0. The van der Waals surface area contributed by atoms with Crippen LogP contribution in [0.15, 0.2) is 53.4 Å². The molecule has 6 nitrogen and oxygen atoms in total. The largest absolute Gasteiger partial charge is 0.302 e. The van der Waals surface area contributed by atoms with Crippen molar-refractivity contribution in [3.05, 3.63) is 54.1 Å². The zero-order valence-electron chi connectivity index (χ0n) is 12.8. The minimum Gasteiger partial charge on any atom is -0.302 e. The summed E-state index contributed by atoms with van der Waals surface area (Å²) in [7, 11) is -2.14. The Bertz CT molecular complexity index is 982. The van der Waals surface area contributed by atoms with Crippen LogP contribution in [-0.2, 0) is 21.2 Å². The SMILES string of the molecule is CNS(=O)(=O)c1ccc2nc(NC(=O)Cc3ccccc3)sc2c1. The molecule has 0 unspecified atom stereocenters. The molecule has 0 aliphatic rings. The van der Waals surface area contributed by atoms with E-state index >= 15 is 0 Å². The van der Waals surface area contributed by atoms with Crippen molar-refractivity contribution < 1.29 is 13.2 Å². The Morgan fingerprint density at radius 2 is 1.92 bits per heavy atom. The quantitative estimate of drug-likeness (QED) is 0.730. The maximum atomic E-state index is 12.1. The van der Waals surface area contributed by atoms with E-state index in [4.69, 9.17) is 0 Å². The van der Waals surface area contributed by atoms with Crippen LogP contribution < -0.4 is 10.0 Å². The molecule has 0 aliphatic carbocycles. The molecule has 24 heavy (non-hydrogen) atoms. The first-order valence-corrected chi connectivity index (χ1v) is 9.46. The number of thiazole rings is 1. The van der Waals surface area contributed by atoms with E-state index in [1.165, 1.54) is 24.5 Å². The number of anilines is 1. The standard InChI is InChI=1S/C16H15N3O3S2/c1-17-24(21,22)12-7-8-13-14(10-12)23-16(18-13)19-15(20)9-11-5-3-2-4-6-11/h2-8,10,17H,9H2,1H3,(H,18,19,20). The second kappa shape index (κ2) is 6.68. The lowest BCUT2D eigenvalue weighted by atomic mass is 10.1. The zero-order valence-corrected chi connectivity index (χ0v) is 14.4. The van der Waals surface area contributed by atoms with E-state index < -0.39 is 10.0 Å². The van der Waals surface area contributed by atoms with Crippen LogP contribution in [0.2, 0.25) is 0 Å². The Hall–Kier alpha value is -2.29. The van der Waals surface area contributed by atoms with Gasteiger partial charge < -0.3 is 5.32 Å². The fourth-order valence-electron chi connectivity index (χ4n) is 2.19. The number of benzene rings is 2. The third-order valence-corrected chi connectivity index (χ3v) is 5.74. The Labute approximate surface area is 143 Å². The molecule has 0 saturated heterocycles. The van der Waals surface area contributed by atoms with Crippen LogP contribution in [0.1, 0.15) is 5.56 Å². The van der Waals surface area contributed by atoms with Crippen LogP contribution in [-0.4, -0.2) is 26.4 Å². The topological polar surface area (TPSA) is 88.2 Å². The van der Waals surface area contributed by atoms with Gasteiger partial charge in [0.1, 0.15) is 0 Å². The number of sulfonamides is 1. The monoisotopic (exact) mass is 361 g/mol. The minimum atomic E-state index is -3.50. The molecule has 0 saturated carbocycles. The molecule has 0 spiro atoms. The van der Waals surface area contributed by atoms with Crippen molar-refractivity contribution in [1.29, 1.82) is 0 Å². The number of carbonyl (C=O) groups excluding carboxylic acids is 1. The van der Waals surface area contributed by atoms with Crippen LogP contribution in [0.4, 0.5) is 5.13 Å². The van der Waals surface area contributed by atoms with E-state index in [0.717, 1.165) is 5.56 Å². The van der Waals surface area contributed by atoms with Gasteiger partial charge in [0, 0.05) is 0 Å². The first-order valence-electron chi connectivity index (χ1n) is 7.16. The summed E-state index contributed by atoms with van der Waals surface area (Å²) in [5.74, 6) is -0.164. The first-order chi connectivity index (χ1) is 11.5. The number of aromatic nitrogens is 1. The highest BCUT2D eigenvalue weighted by atomic mass is 32.2. The van der Waals surface area contributed by atoms with Crippen molar-refractivity contribution in [1.82, 2.24) is 9.71 Å². The van der Waals surface area contributed by atoms with E-state index in [1.54, 1.807) is 12.1 Å². The molecular formula is C16H15N3O3S2. The molecule has 0 aliphatic heterocycles. The molecular weight excluding hydrogens is 346 g/mol. The molecule has 1 amide bonds. The van der Waals surface area contributed by atoms with Crippen molar-refractivity contribution in [2.24, 2.45) is 0 Å². The molecule has 124 valence electrons. The summed E-state index contributed by atoms with van der Waals surface area (Å²) >= 11 is 1.24. The predicted octanol–water partition coefficient (Wildman–Crippen LogP) is 2.39. The van der Waals surface area contributed by atoms with Gasteiger partial charge in [-0.15, -0.1) is 0 Å². The highest BCUT2D eigenvalue weighted by molar-refractivity contribution is 7.89. The maximum absolute atomic E-state index is 12.1. The summed E-state index contributed by atoms with van der Waals surface area (Å²) in [4.78, 5) is 16.6. The van der Waals surface area contributed by atoms with Crippen LogP contribution in [0, 0.1) is 0 Å². The summed E-state index contributed by atoms with van der Waals surface area (Å²) in [5.41, 5.74) is 1.56. The lowest BCUT2D eigenvalue weighted by molar-refractivity contribution is -0.115. The number of fused-ring (bicyclic) bond motifs is 1. The molecule has 1 aromatic heterocycles. The number of hydrogen-bond donors (Lipinski definition) is 2. The van der Waals surface area contributed by atoms with Gasteiger partial charge in [0.05, 0.1) is 21.5 Å². The summed E-state index contributed by atoms with van der Waals surface area (Å²) in [6.07, 6.45) is 0.260. The van der Waals surface area contributed by atoms with Gasteiger partial charge in [-0.1, -0.05) is 41.7 Å². The van der Waals surface area contributed by atoms with E-state index in [9.17, 15) is 13.2 Å². The molecule has 8 heteroatoms. The highest BCUT2D eigenvalue weighted by Crippen LogP contribution is 2.28. The van der Waals surface area contributed by atoms with Crippen LogP contribution >= 0.6 is 11.3 Å². The van der Waals surface area contributed by atoms with Gasteiger partial charge in [0.25, 0.3) is 0 Å². The summed E-state index contributed by atoms with van der Waals surface area (Å²) < 4.78 is 26.6. The molecule has 2 N–H and O–H groups in total. The number of nitrogens with zero attached hydrogens (tertiary/aromatic N) is 1. The second-order valence-electron chi connectivity index (χ2n) is 5.07. The van der Waals surface area contributed by atoms with E-state index in [1.807, 2.05) is 30.3 Å². The summed E-state index contributed by atoms with van der Waals surface area (Å²) in [6, 6.07) is 14.1. The number of rotatable bonds is 5. The second-order valence-corrected chi connectivity index (χ2v) is 7.98. The van der Waals surface area contributed by atoms with Gasteiger partial charge >= 0.3 is 0 Å². The Morgan fingerprint density at radius 3 is 2.62 bits per heavy atom. The molecule has 0 radical (unpaired) electrons. The number of amides is 1. The third-order valence-electron chi connectivity index (χ3n) is 3.39. The van der Waals surface area contributed by atoms with Crippen LogP contribution in [0.25, 0.3) is 10.2 Å². The van der Waals surface area contributed by atoms with Gasteiger partial charge in [0.2, 0.25) is 15.9 Å². The molecule has 0 atom stereocenters. The van der Waals surface area contributed by atoms with E-state index in [0.29, 0.717) is 15.3 Å². The van der Waals surface area contributed by atoms with Gasteiger partial charge in [-0.2, -0.15) is 0 Å². The molecule has 1 heterocycles. The minimum absolute atomic E-state index is 0.164. The Morgan fingerprint density at radius 1 is 1.17 bits per heavy atom. The normalized spacial score (nSPS) is 11.5. The van der Waals surface area contributed by atoms with Crippen molar-refractivity contribution in [2.45, 2.75) is 11.3 Å². The lowest BCUT2D eigenvalue weighted by Gasteiger charge is -2.01. The summed E-state index contributed by atoms with van der Waals surface area (Å²) in [5, 5.41) is 3.20. The first kappa shape index (κ1) is 16.6. The van der Waals surface area contributed by atoms with Crippen LogP contribution in [0.3, 0.4) is 0 Å². The molecule has 0 bridgehead atoms. The zero-order chi connectivity index (χ0) is 17.2. The van der Waals surface area contributed by atoms with E-state index in [-0.39, 0.29) is 17.2 Å². The van der Waals surface area contributed by atoms with Crippen LogP contribution in [0.5, 0.6) is 0 Å². The number of nitrogens with one attached hydrogen (secondary N) is 2. The molecule has 3 aromatic rings. The average Bonchev–Trinajstić information content (AvgIpc) is 2.96. The number of hydrogen-bond acceptors (Lipinski definition) is 5. The Kier molecular flexibility index (Phi) is 4.61. The fraction of sp³-hybridized carbons (Fsp3) is 0.125. The predicted molar refractivity (Wildman–Crippen MR) is 94.6 cm³/mol. The molecule has 3 rings (SSSR count). The smallest absolute Gasteiger partial charge is 0.240 e. The van der Waals surface area contributed by atoms with Crippen molar-refractivity contribution >= 4 is 42.6 Å². The van der Waals surface area contributed by atoms with Gasteiger partial charge in [-0.05, 0) is 30.8 Å². The van der Waals surface area contributed by atoms with Crippen molar-refractivity contribution in [3.8, 4) is 0 Å². The molecule has 0 fully saturated rings. The lowest BCUT2D eigenvalue weighted by Crippen LogP contribution is -2.18. The van der Waals surface area contributed by atoms with Crippen molar-refractivity contribution in [3.63, 3.8) is 0 Å². The van der Waals surface area contributed by atoms with Crippen molar-refractivity contribution in [2.75, 3.05) is 12.4 Å². The maximum Gasteiger partial charge on any atom is 0.240 e. The Balaban J connectivity index is 1.79. The fourth-order valence-corrected chi connectivity index (χ4v) is 3.94. The number of carbonyl (C=O) groups is 1. The molecule has 2 aromatic carbocycles. The van der Waals surface area contributed by atoms with E-state index in [2.05, 4.69) is 15.0 Å². The third kappa shape index (κ3) is 3.61. The highest BCUT2D eigenvalue weighted by Gasteiger charge is 2.14. The average molecular weight is 361 g/mol. The van der Waals surface area contributed by atoms with Gasteiger partial charge in [0.15, 0.2) is 5.13 Å². The van der Waals surface area contributed by atoms with Gasteiger partial charge in [-0.25, -0.2) is 18.1 Å².